The summed E-state index contributed by atoms with van der Waals surface area (Å²) in [6.45, 7) is 0. The van der Waals surface area contributed by atoms with E-state index in [-0.39, 0.29) is 0 Å². The van der Waals surface area contributed by atoms with E-state index in [9.17, 15) is 0 Å². The quantitative estimate of drug-likeness (QED) is 0.190. The number of hydrogen-bond donors (Lipinski definition) is 0. The lowest BCUT2D eigenvalue weighted by atomic mass is 10.0. The van der Waals surface area contributed by atoms with E-state index in [0.717, 1.165) is 39.4 Å². The Morgan fingerprint density at radius 1 is 0.447 bits per heavy atom. The highest BCUT2D eigenvalue weighted by Gasteiger charge is 2.16. The summed E-state index contributed by atoms with van der Waals surface area (Å²) in [5.74, 6) is 0.621. The Morgan fingerprint density at radius 2 is 1.04 bits per heavy atom. The van der Waals surface area contributed by atoms with Crippen LogP contribution in [-0.4, -0.2) is 9.55 Å². The van der Waals surface area contributed by atoms with Crippen LogP contribution in [-0.2, 0) is 0 Å². The van der Waals surface area contributed by atoms with E-state index in [2.05, 4.69) is 160 Å². The molecule has 0 aliphatic heterocycles. The molecule has 0 unspecified atom stereocenters. The van der Waals surface area contributed by atoms with Gasteiger partial charge in [0.25, 0.3) is 0 Å². The lowest BCUT2D eigenvalue weighted by Gasteiger charge is -2.26. The van der Waals surface area contributed by atoms with Crippen LogP contribution in [0.25, 0.3) is 61.2 Å². The smallest absolute Gasteiger partial charge is 0.227 e. The molecule has 4 nitrogen and oxygen atoms in total. The van der Waals surface area contributed by atoms with Crippen molar-refractivity contribution in [3.05, 3.63) is 176 Å². The first-order valence-electron chi connectivity index (χ1n) is 15.8. The van der Waals surface area contributed by atoms with Crippen LogP contribution in [0.1, 0.15) is 0 Å². The Balaban J connectivity index is 1.11. The van der Waals surface area contributed by atoms with Gasteiger partial charge in [-0.15, -0.1) is 0 Å². The maximum absolute atomic E-state index is 6.04. The minimum atomic E-state index is 0.621. The molecule has 9 rings (SSSR count). The van der Waals surface area contributed by atoms with E-state index < -0.39 is 0 Å². The number of fused-ring (bicyclic) bond motifs is 4. The summed E-state index contributed by atoms with van der Waals surface area (Å²) in [6, 6.07) is 61.6. The SMILES string of the molecule is c1ccc(-c2ccc3c(c2)c2ccccc2n3-c2ccc(N(c3ccccc3)c3ccc(-c4nc5ccccc5o4)cc3)cc2)cc1. The second-order valence-corrected chi connectivity index (χ2v) is 11.7. The van der Waals surface area contributed by atoms with Crippen molar-refractivity contribution in [2.45, 2.75) is 0 Å². The lowest BCUT2D eigenvalue weighted by Crippen LogP contribution is -2.10. The number of hydrogen-bond acceptors (Lipinski definition) is 3. The van der Waals surface area contributed by atoms with E-state index in [4.69, 9.17) is 4.42 Å². The van der Waals surface area contributed by atoms with Gasteiger partial charge in [-0.3, -0.25) is 0 Å². The Labute approximate surface area is 272 Å². The van der Waals surface area contributed by atoms with Crippen molar-refractivity contribution in [3.8, 4) is 28.3 Å². The monoisotopic (exact) mass is 603 g/mol. The van der Waals surface area contributed by atoms with E-state index in [1.165, 1.54) is 32.9 Å². The average Bonchev–Trinajstić information content (AvgIpc) is 3.73. The Morgan fingerprint density at radius 3 is 1.81 bits per heavy atom. The maximum Gasteiger partial charge on any atom is 0.227 e. The minimum Gasteiger partial charge on any atom is -0.436 e. The standard InChI is InChI=1S/C43H29N3O/c1-3-11-30(12-4-1)32-21-28-41-38(29-32)37-15-7-9-17-40(37)46(41)36-26-24-35(25-27-36)45(33-13-5-2-6-14-33)34-22-19-31(20-23-34)43-44-39-16-8-10-18-42(39)47-43/h1-29H. The highest BCUT2D eigenvalue weighted by molar-refractivity contribution is 6.10. The molecule has 0 N–H and O–H groups in total. The molecule has 0 amide bonds. The number of para-hydroxylation sites is 4. The van der Waals surface area contributed by atoms with Crippen molar-refractivity contribution in [1.29, 1.82) is 0 Å². The lowest BCUT2D eigenvalue weighted by molar-refractivity contribution is 0.620. The van der Waals surface area contributed by atoms with Crippen molar-refractivity contribution < 1.29 is 4.42 Å². The molecule has 0 aliphatic rings. The number of anilines is 3. The van der Waals surface area contributed by atoms with Gasteiger partial charge in [-0.05, 0) is 102 Å². The topological polar surface area (TPSA) is 34.2 Å². The second kappa shape index (κ2) is 11.2. The van der Waals surface area contributed by atoms with Crippen molar-refractivity contribution in [2.24, 2.45) is 0 Å². The van der Waals surface area contributed by atoms with E-state index in [1.807, 2.05) is 30.3 Å². The van der Waals surface area contributed by atoms with Crippen molar-refractivity contribution in [1.82, 2.24) is 9.55 Å². The van der Waals surface area contributed by atoms with Gasteiger partial charge in [-0.1, -0.05) is 84.9 Å². The van der Waals surface area contributed by atoms with Gasteiger partial charge in [0, 0.05) is 39.1 Å². The number of nitrogens with zero attached hydrogens (tertiary/aromatic N) is 3. The van der Waals surface area contributed by atoms with Crippen LogP contribution in [0.3, 0.4) is 0 Å². The Hall–Kier alpha value is -6.39. The molecule has 2 aromatic heterocycles. The molecule has 0 spiro atoms. The van der Waals surface area contributed by atoms with E-state index >= 15 is 0 Å². The maximum atomic E-state index is 6.04. The molecule has 0 atom stereocenters. The van der Waals surface area contributed by atoms with Gasteiger partial charge in [0.05, 0.1) is 11.0 Å². The molecule has 0 bridgehead atoms. The molecule has 7 aromatic carbocycles. The number of rotatable bonds is 6. The molecule has 0 saturated carbocycles. The van der Waals surface area contributed by atoms with Crippen LogP contribution in [0.2, 0.25) is 0 Å². The molecule has 0 radical (unpaired) electrons. The van der Waals surface area contributed by atoms with Crippen LogP contribution in [0.15, 0.2) is 180 Å². The fourth-order valence-electron chi connectivity index (χ4n) is 6.59. The first-order valence-corrected chi connectivity index (χ1v) is 15.8. The molecular weight excluding hydrogens is 574 g/mol. The van der Waals surface area contributed by atoms with Crippen LogP contribution in [0, 0.1) is 0 Å². The normalized spacial score (nSPS) is 11.4. The van der Waals surface area contributed by atoms with Gasteiger partial charge in [-0.2, -0.15) is 0 Å². The highest BCUT2D eigenvalue weighted by Crippen LogP contribution is 2.38. The van der Waals surface area contributed by atoms with Gasteiger partial charge >= 0.3 is 0 Å². The largest absolute Gasteiger partial charge is 0.436 e. The molecule has 9 aromatic rings. The third-order valence-corrected chi connectivity index (χ3v) is 8.83. The minimum absolute atomic E-state index is 0.621. The fraction of sp³-hybridized carbons (Fsp3) is 0. The van der Waals surface area contributed by atoms with Crippen LogP contribution in [0.4, 0.5) is 17.1 Å². The summed E-state index contributed by atoms with van der Waals surface area (Å²) < 4.78 is 8.40. The van der Waals surface area contributed by atoms with Gasteiger partial charge in [0.2, 0.25) is 5.89 Å². The fourth-order valence-corrected chi connectivity index (χ4v) is 6.59. The molecule has 222 valence electrons. The average molecular weight is 604 g/mol. The summed E-state index contributed by atoms with van der Waals surface area (Å²) in [7, 11) is 0. The number of oxazole rings is 1. The molecule has 4 heteroatoms. The molecule has 47 heavy (non-hydrogen) atoms. The second-order valence-electron chi connectivity index (χ2n) is 11.7. The van der Waals surface area contributed by atoms with Crippen LogP contribution >= 0.6 is 0 Å². The Bertz CT molecular complexity index is 2460. The van der Waals surface area contributed by atoms with Crippen LogP contribution in [0.5, 0.6) is 0 Å². The zero-order valence-electron chi connectivity index (χ0n) is 25.5. The zero-order valence-corrected chi connectivity index (χ0v) is 25.5. The first kappa shape index (κ1) is 27.0. The van der Waals surface area contributed by atoms with E-state index in [1.54, 1.807) is 0 Å². The van der Waals surface area contributed by atoms with Crippen molar-refractivity contribution in [2.75, 3.05) is 4.90 Å². The first-order chi connectivity index (χ1) is 23.3. The predicted octanol–water partition coefficient (Wildman–Crippen LogP) is 11.7. The molecule has 0 aliphatic carbocycles. The molecular formula is C43H29N3O. The van der Waals surface area contributed by atoms with Gasteiger partial charge < -0.3 is 13.9 Å². The van der Waals surface area contributed by atoms with E-state index in [0.29, 0.717) is 5.89 Å². The summed E-state index contributed by atoms with van der Waals surface area (Å²) >= 11 is 0. The number of benzene rings is 7. The number of aromatic nitrogens is 2. The summed E-state index contributed by atoms with van der Waals surface area (Å²) in [4.78, 5) is 6.96. The van der Waals surface area contributed by atoms with Crippen molar-refractivity contribution in [3.63, 3.8) is 0 Å². The Kier molecular flexibility index (Phi) is 6.43. The molecule has 0 saturated heterocycles. The summed E-state index contributed by atoms with van der Waals surface area (Å²) in [5.41, 5.74) is 11.7. The van der Waals surface area contributed by atoms with Crippen molar-refractivity contribution >= 4 is 50.0 Å². The van der Waals surface area contributed by atoms with Gasteiger partial charge in [0.15, 0.2) is 5.58 Å². The summed E-state index contributed by atoms with van der Waals surface area (Å²) in [5, 5.41) is 2.49. The molecule has 0 fully saturated rings. The molecule has 2 heterocycles. The predicted molar refractivity (Wildman–Crippen MR) is 194 cm³/mol. The van der Waals surface area contributed by atoms with Gasteiger partial charge in [-0.25, -0.2) is 4.98 Å². The zero-order chi connectivity index (χ0) is 31.2. The third kappa shape index (κ3) is 4.75. The summed E-state index contributed by atoms with van der Waals surface area (Å²) in [6.07, 6.45) is 0. The van der Waals surface area contributed by atoms with Gasteiger partial charge in [0.1, 0.15) is 5.52 Å². The van der Waals surface area contributed by atoms with Crippen LogP contribution < -0.4 is 4.90 Å². The highest BCUT2D eigenvalue weighted by atomic mass is 16.3. The third-order valence-electron chi connectivity index (χ3n) is 8.83.